The van der Waals surface area contributed by atoms with Crippen molar-refractivity contribution in [3.05, 3.63) is 95.1 Å². The molecule has 2 nitrogen and oxygen atoms in total. The molecule has 0 bridgehead atoms. The van der Waals surface area contributed by atoms with Crippen molar-refractivity contribution in [1.82, 2.24) is 0 Å². The van der Waals surface area contributed by atoms with Crippen LogP contribution in [0.25, 0.3) is 23.3 Å². The molecule has 3 aromatic rings. The van der Waals surface area contributed by atoms with Crippen LogP contribution in [0.4, 0.5) is 0 Å². The van der Waals surface area contributed by atoms with Gasteiger partial charge in [0.25, 0.3) is 0 Å². The van der Waals surface area contributed by atoms with E-state index in [9.17, 15) is 4.79 Å². The van der Waals surface area contributed by atoms with Crippen LogP contribution in [0.1, 0.15) is 47.4 Å². The third-order valence-corrected chi connectivity index (χ3v) is 5.51. The van der Waals surface area contributed by atoms with E-state index in [0.717, 1.165) is 19.3 Å². The molecule has 28 heavy (non-hydrogen) atoms. The van der Waals surface area contributed by atoms with Gasteiger partial charge in [-0.1, -0.05) is 84.9 Å². The molecule has 0 aromatic heterocycles. The van der Waals surface area contributed by atoms with Gasteiger partial charge in [-0.3, -0.25) is 4.79 Å². The van der Waals surface area contributed by atoms with Crippen molar-refractivity contribution in [3.63, 3.8) is 0 Å². The molecule has 1 atom stereocenters. The first kappa shape index (κ1) is 18.2. The highest BCUT2D eigenvalue weighted by Gasteiger charge is 2.22. The van der Waals surface area contributed by atoms with Crippen LogP contribution in [0.15, 0.2) is 72.8 Å². The van der Waals surface area contributed by atoms with Gasteiger partial charge in [0.15, 0.2) is 0 Å². The van der Waals surface area contributed by atoms with Gasteiger partial charge in [-0.25, -0.2) is 0 Å². The van der Waals surface area contributed by atoms with Gasteiger partial charge < -0.3 is 5.11 Å². The van der Waals surface area contributed by atoms with Crippen LogP contribution >= 0.6 is 0 Å². The van der Waals surface area contributed by atoms with Gasteiger partial charge in [0.05, 0.1) is 6.42 Å². The molecule has 1 unspecified atom stereocenters. The normalized spacial score (nSPS) is 16.1. The summed E-state index contributed by atoms with van der Waals surface area (Å²) in [6.07, 6.45) is 7.59. The summed E-state index contributed by atoms with van der Waals surface area (Å²) in [5, 5.41) is 9.14. The third kappa shape index (κ3) is 4.23. The highest BCUT2D eigenvalue weighted by Crippen LogP contribution is 2.34. The first-order valence-corrected chi connectivity index (χ1v) is 9.87. The van der Waals surface area contributed by atoms with Crippen LogP contribution in [0.3, 0.4) is 0 Å². The summed E-state index contributed by atoms with van der Waals surface area (Å²) in [6.45, 7) is 0. The number of hydrogen-bond donors (Lipinski definition) is 1. The highest BCUT2D eigenvalue weighted by atomic mass is 16.4. The molecule has 0 fully saturated rings. The van der Waals surface area contributed by atoms with E-state index < -0.39 is 5.97 Å². The minimum Gasteiger partial charge on any atom is -0.481 e. The number of fused-ring (bicyclic) bond motifs is 1. The van der Waals surface area contributed by atoms with Gasteiger partial charge in [-0.2, -0.15) is 0 Å². The summed E-state index contributed by atoms with van der Waals surface area (Å²) >= 11 is 0. The van der Waals surface area contributed by atoms with Crippen molar-refractivity contribution in [2.24, 2.45) is 0 Å². The predicted octanol–water partition coefficient (Wildman–Crippen LogP) is 6.42. The van der Waals surface area contributed by atoms with E-state index in [1.165, 1.54) is 33.4 Å². The molecule has 0 spiro atoms. The van der Waals surface area contributed by atoms with E-state index in [2.05, 4.69) is 78.9 Å². The summed E-state index contributed by atoms with van der Waals surface area (Å²) in [5.41, 5.74) is 7.31. The Balaban J connectivity index is 1.50. The van der Waals surface area contributed by atoms with Gasteiger partial charge in [0.1, 0.15) is 0 Å². The maximum absolute atomic E-state index is 11.1. The van der Waals surface area contributed by atoms with Gasteiger partial charge in [0.2, 0.25) is 0 Å². The number of rotatable bonds is 5. The Morgan fingerprint density at radius 1 is 0.893 bits per heavy atom. The van der Waals surface area contributed by atoms with Crippen LogP contribution in [-0.4, -0.2) is 11.1 Å². The molecule has 1 N–H and O–H groups in total. The molecule has 2 heteroatoms. The second-order valence-electron chi connectivity index (χ2n) is 7.47. The standard InChI is InChI=1S/C26H24O2/c27-26(28)18-24-8-4-7-23-17-20(13-16-25(23)24)10-9-19-11-14-22(15-12-19)21-5-2-1-3-6-21/h1-3,5-6,9-17,24H,4,7-8,18H2,(H,27,28). The summed E-state index contributed by atoms with van der Waals surface area (Å²) in [6, 6.07) is 25.4. The molecule has 0 aliphatic heterocycles. The number of aryl methyl sites for hydroxylation is 1. The fourth-order valence-electron chi connectivity index (χ4n) is 4.07. The van der Waals surface area contributed by atoms with E-state index in [0.29, 0.717) is 0 Å². The molecular weight excluding hydrogens is 344 g/mol. The largest absolute Gasteiger partial charge is 0.481 e. The molecule has 0 heterocycles. The highest BCUT2D eigenvalue weighted by molar-refractivity contribution is 5.73. The van der Waals surface area contributed by atoms with Crippen LogP contribution in [-0.2, 0) is 11.2 Å². The van der Waals surface area contributed by atoms with Crippen LogP contribution in [0, 0.1) is 0 Å². The summed E-state index contributed by atoms with van der Waals surface area (Å²) < 4.78 is 0. The molecule has 0 saturated carbocycles. The zero-order valence-corrected chi connectivity index (χ0v) is 15.8. The zero-order chi connectivity index (χ0) is 19.3. The van der Waals surface area contributed by atoms with Gasteiger partial charge in [-0.15, -0.1) is 0 Å². The monoisotopic (exact) mass is 368 g/mol. The molecule has 0 amide bonds. The first-order chi connectivity index (χ1) is 13.7. The van der Waals surface area contributed by atoms with E-state index in [1.807, 2.05) is 6.07 Å². The predicted molar refractivity (Wildman–Crippen MR) is 115 cm³/mol. The lowest BCUT2D eigenvalue weighted by atomic mass is 9.80. The molecule has 140 valence electrons. The van der Waals surface area contributed by atoms with E-state index >= 15 is 0 Å². The van der Waals surface area contributed by atoms with Crippen molar-refractivity contribution in [1.29, 1.82) is 0 Å². The van der Waals surface area contributed by atoms with Gasteiger partial charge in [-0.05, 0) is 58.6 Å². The van der Waals surface area contributed by atoms with Crippen molar-refractivity contribution in [2.45, 2.75) is 31.6 Å². The average molecular weight is 368 g/mol. The number of carboxylic acids is 1. The summed E-state index contributed by atoms with van der Waals surface area (Å²) in [5.74, 6) is -0.550. The SMILES string of the molecule is O=C(O)CC1CCCc2cc(C=Cc3ccc(-c4ccccc4)cc3)ccc21. The lowest BCUT2D eigenvalue weighted by Crippen LogP contribution is -2.13. The quantitative estimate of drug-likeness (QED) is 0.528. The fourth-order valence-corrected chi connectivity index (χ4v) is 4.07. The lowest BCUT2D eigenvalue weighted by Gasteiger charge is -2.24. The van der Waals surface area contributed by atoms with E-state index in [-0.39, 0.29) is 12.3 Å². The summed E-state index contributed by atoms with van der Waals surface area (Å²) in [4.78, 5) is 11.1. The first-order valence-electron chi connectivity index (χ1n) is 9.87. The Hall–Kier alpha value is -3.13. The lowest BCUT2D eigenvalue weighted by molar-refractivity contribution is -0.137. The average Bonchev–Trinajstić information content (AvgIpc) is 2.73. The number of aliphatic carboxylic acids is 1. The zero-order valence-electron chi connectivity index (χ0n) is 15.8. The third-order valence-electron chi connectivity index (χ3n) is 5.51. The Kier molecular flexibility index (Phi) is 5.38. The molecule has 3 aromatic carbocycles. The fraction of sp³-hybridized carbons (Fsp3) is 0.192. The van der Waals surface area contributed by atoms with Crippen molar-refractivity contribution >= 4 is 18.1 Å². The smallest absolute Gasteiger partial charge is 0.303 e. The molecular formula is C26H24O2. The van der Waals surface area contributed by atoms with Crippen molar-refractivity contribution < 1.29 is 9.90 Å². The number of benzene rings is 3. The Bertz CT molecular complexity index is 985. The Morgan fingerprint density at radius 3 is 2.32 bits per heavy atom. The maximum atomic E-state index is 11.1. The number of carboxylic acid groups (broad SMARTS) is 1. The number of carbonyl (C=O) groups is 1. The minimum absolute atomic E-state index is 0.157. The van der Waals surface area contributed by atoms with Crippen LogP contribution in [0.2, 0.25) is 0 Å². The molecule has 1 aliphatic rings. The van der Waals surface area contributed by atoms with Crippen molar-refractivity contribution in [3.8, 4) is 11.1 Å². The van der Waals surface area contributed by atoms with E-state index in [4.69, 9.17) is 5.11 Å². The van der Waals surface area contributed by atoms with Gasteiger partial charge in [0, 0.05) is 0 Å². The second kappa shape index (κ2) is 8.26. The molecule has 0 radical (unpaired) electrons. The van der Waals surface area contributed by atoms with E-state index in [1.54, 1.807) is 0 Å². The van der Waals surface area contributed by atoms with Crippen LogP contribution < -0.4 is 0 Å². The van der Waals surface area contributed by atoms with Crippen LogP contribution in [0.5, 0.6) is 0 Å². The molecule has 1 aliphatic carbocycles. The number of hydrogen-bond acceptors (Lipinski definition) is 1. The Morgan fingerprint density at radius 2 is 1.57 bits per heavy atom. The van der Waals surface area contributed by atoms with Gasteiger partial charge >= 0.3 is 5.97 Å². The summed E-state index contributed by atoms with van der Waals surface area (Å²) in [7, 11) is 0. The Labute approximate surface area is 166 Å². The molecule has 4 rings (SSSR count). The minimum atomic E-state index is -0.708. The van der Waals surface area contributed by atoms with Crippen molar-refractivity contribution in [2.75, 3.05) is 0 Å². The maximum Gasteiger partial charge on any atom is 0.303 e. The second-order valence-corrected chi connectivity index (χ2v) is 7.47. The topological polar surface area (TPSA) is 37.3 Å². The molecule has 0 saturated heterocycles.